The van der Waals surface area contributed by atoms with Gasteiger partial charge in [-0.3, -0.25) is 0 Å². The Bertz CT molecular complexity index is 244. The van der Waals surface area contributed by atoms with Crippen LogP contribution in [0.2, 0.25) is 0 Å². The molecule has 1 heteroatoms. The lowest BCUT2D eigenvalue weighted by Gasteiger charge is -2.05. The second-order valence-electron chi connectivity index (χ2n) is 3.23. The quantitative estimate of drug-likeness (QED) is 0.458. The van der Waals surface area contributed by atoms with Crippen LogP contribution in [-0.4, -0.2) is 6.61 Å². The summed E-state index contributed by atoms with van der Waals surface area (Å²) in [5.41, 5.74) is 1.20. The summed E-state index contributed by atoms with van der Waals surface area (Å²) < 4.78 is 5.33. The average molecular weight is 192 g/mol. The van der Waals surface area contributed by atoms with Crippen LogP contribution >= 0.6 is 0 Å². The number of hydrogen-bond donors (Lipinski definition) is 0. The van der Waals surface area contributed by atoms with E-state index in [-0.39, 0.29) is 0 Å². The molecule has 0 atom stereocenters. The molecule has 0 saturated carbocycles. The summed E-state index contributed by atoms with van der Waals surface area (Å²) >= 11 is 0. The first-order valence-electron chi connectivity index (χ1n) is 4.95. The zero-order valence-electron chi connectivity index (χ0n) is 9.42. The Morgan fingerprint density at radius 2 is 1.86 bits per heavy atom. The van der Waals surface area contributed by atoms with Crippen molar-refractivity contribution in [3.63, 3.8) is 0 Å². The lowest BCUT2D eigenvalue weighted by molar-refractivity contribution is 0.243. The van der Waals surface area contributed by atoms with Crippen molar-refractivity contribution in [2.45, 2.75) is 20.8 Å². The summed E-state index contributed by atoms with van der Waals surface area (Å²) in [7, 11) is 0. The first-order chi connectivity index (χ1) is 6.65. The van der Waals surface area contributed by atoms with Gasteiger partial charge < -0.3 is 4.74 Å². The molecule has 0 amide bonds. The second kappa shape index (κ2) is 7.19. The van der Waals surface area contributed by atoms with Gasteiger partial charge in [0.2, 0.25) is 0 Å². The molecule has 0 rings (SSSR count). The van der Waals surface area contributed by atoms with Crippen LogP contribution in [0, 0.1) is 5.92 Å². The highest BCUT2D eigenvalue weighted by Gasteiger charge is 1.96. The maximum atomic E-state index is 5.33. The van der Waals surface area contributed by atoms with Crippen LogP contribution < -0.4 is 0 Å². The van der Waals surface area contributed by atoms with Gasteiger partial charge in [-0.25, -0.2) is 0 Å². The molecule has 0 aromatic carbocycles. The normalized spacial score (nSPS) is 12.9. The third-order valence-corrected chi connectivity index (χ3v) is 1.85. The molecule has 0 N–H and O–H groups in total. The summed E-state index contributed by atoms with van der Waals surface area (Å²) in [6.07, 6.45) is 7.52. The van der Waals surface area contributed by atoms with E-state index in [9.17, 15) is 0 Å². The van der Waals surface area contributed by atoms with E-state index in [0.29, 0.717) is 12.5 Å². The number of rotatable bonds is 6. The molecule has 0 spiro atoms. The summed E-state index contributed by atoms with van der Waals surface area (Å²) in [5.74, 6) is 1.28. The van der Waals surface area contributed by atoms with E-state index >= 15 is 0 Å². The highest BCUT2D eigenvalue weighted by molar-refractivity contribution is 5.27. The minimum Gasteiger partial charge on any atom is -0.494 e. The Morgan fingerprint density at radius 3 is 2.21 bits per heavy atom. The van der Waals surface area contributed by atoms with Crippen molar-refractivity contribution in [2.24, 2.45) is 5.92 Å². The molecule has 0 aromatic heterocycles. The number of hydrogen-bond acceptors (Lipinski definition) is 1. The van der Waals surface area contributed by atoms with E-state index in [1.54, 1.807) is 6.08 Å². The van der Waals surface area contributed by atoms with Crippen LogP contribution in [0.25, 0.3) is 0 Å². The molecular formula is C13H20O. The Hall–Kier alpha value is -1.24. The summed E-state index contributed by atoms with van der Waals surface area (Å²) in [6, 6.07) is 0. The van der Waals surface area contributed by atoms with Crippen LogP contribution in [0.4, 0.5) is 0 Å². The van der Waals surface area contributed by atoms with Crippen molar-refractivity contribution < 1.29 is 4.74 Å². The molecule has 0 unspecified atom stereocenters. The largest absolute Gasteiger partial charge is 0.494 e. The monoisotopic (exact) mass is 192 g/mol. The highest BCUT2D eigenvalue weighted by atomic mass is 16.5. The van der Waals surface area contributed by atoms with Crippen molar-refractivity contribution in [1.82, 2.24) is 0 Å². The van der Waals surface area contributed by atoms with Gasteiger partial charge in [-0.05, 0) is 30.6 Å². The van der Waals surface area contributed by atoms with Gasteiger partial charge in [0.05, 0.1) is 6.61 Å². The van der Waals surface area contributed by atoms with E-state index < -0.39 is 0 Å². The lowest BCUT2D eigenvalue weighted by atomic mass is 10.0. The zero-order valence-corrected chi connectivity index (χ0v) is 9.42. The van der Waals surface area contributed by atoms with Crippen molar-refractivity contribution in [2.75, 3.05) is 6.61 Å². The fourth-order valence-electron chi connectivity index (χ4n) is 1.02. The first-order valence-corrected chi connectivity index (χ1v) is 4.95. The third-order valence-electron chi connectivity index (χ3n) is 1.85. The molecule has 0 aliphatic rings. The van der Waals surface area contributed by atoms with Crippen LogP contribution in [0.3, 0.4) is 0 Å². The molecule has 0 aliphatic carbocycles. The molecule has 0 heterocycles. The average Bonchev–Trinajstić information content (AvgIpc) is 2.16. The van der Waals surface area contributed by atoms with E-state index in [4.69, 9.17) is 4.74 Å². The zero-order chi connectivity index (χ0) is 11.0. The maximum Gasteiger partial charge on any atom is 0.118 e. The number of ether oxygens (including phenoxy) is 1. The van der Waals surface area contributed by atoms with Crippen LogP contribution in [0.15, 0.2) is 48.8 Å². The van der Waals surface area contributed by atoms with Crippen molar-refractivity contribution in [3.05, 3.63) is 48.8 Å². The molecule has 0 saturated heterocycles. The van der Waals surface area contributed by atoms with Gasteiger partial charge in [0.1, 0.15) is 5.76 Å². The molecule has 0 aliphatic heterocycles. The molecule has 0 radical (unpaired) electrons. The van der Waals surface area contributed by atoms with Crippen molar-refractivity contribution >= 4 is 0 Å². The van der Waals surface area contributed by atoms with Gasteiger partial charge in [0.15, 0.2) is 0 Å². The lowest BCUT2D eigenvalue weighted by Crippen LogP contribution is -1.90. The first kappa shape index (κ1) is 12.8. The van der Waals surface area contributed by atoms with Gasteiger partial charge in [-0.15, -0.1) is 0 Å². The van der Waals surface area contributed by atoms with Crippen molar-refractivity contribution in [3.8, 4) is 0 Å². The summed E-state index contributed by atoms with van der Waals surface area (Å²) in [6.45, 7) is 14.3. The molecule has 0 aromatic rings. The van der Waals surface area contributed by atoms with E-state index in [2.05, 4.69) is 27.0 Å². The van der Waals surface area contributed by atoms with Crippen LogP contribution in [-0.2, 0) is 4.74 Å². The molecule has 1 nitrogen and oxygen atoms in total. The predicted molar refractivity (Wildman–Crippen MR) is 63.0 cm³/mol. The fraction of sp³-hybridized carbons (Fsp3) is 0.385. The molecule has 14 heavy (non-hydrogen) atoms. The maximum absolute atomic E-state index is 5.33. The van der Waals surface area contributed by atoms with Gasteiger partial charge in [0, 0.05) is 0 Å². The topological polar surface area (TPSA) is 9.23 Å². The molecule has 0 bridgehead atoms. The van der Waals surface area contributed by atoms with Gasteiger partial charge in [-0.1, -0.05) is 39.2 Å². The Balaban J connectivity index is 4.60. The standard InChI is InChI=1S/C13H20O/c1-6-12(11(4)5)9-10-13(7-2)14-8-3/h6-7,9-11H,1-2,8H2,3-5H3. The Labute approximate surface area is 87.5 Å². The molecule has 0 fully saturated rings. The van der Waals surface area contributed by atoms with E-state index in [0.717, 1.165) is 5.76 Å². The van der Waals surface area contributed by atoms with Crippen molar-refractivity contribution in [1.29, 1.82) is 0 Å². The SMILES string of the molecule is C=CC(=CC=C(C=C)C(C)C)OCC. The van der Waals surface area contributed by atoms with Gasteiger partial charge in [0.25, 0.3) is 0 Å². The minimum absolute atomic E-state index is 0.483. The Morgan fingerprint density at radius 1 is 1.21 bits per heavy atom. The minimum atomic E-state index is 0.483. The third kappa shape index (κ3) is 4.70. The summed E-state index contributed by atoms with van der Waals surface area (Å²) in [4.78, 5) is 0. The second-order valence-corrected chi connectivity index (χ2v) is 3.23. The number of allylic oxidation sites excluding steroid dienone is 5. The highest BCUT2D eigenvalue weighted by Crippen LogP contribution is 2.11. The fourth-order valence-corrected chi connectivity index (χ4v) is 1.02. The Kier molecular flexibility index (Phi) is 6.55. The molecular weight excluding hydrogens is 172 g/mol. The predicted octanol–water partition coefficient (Wildman–Crippen LogP) is 3.86. The summed E-state index contributed by atoms with van der Waals surface area (Å²) in [5, 5.41) is 0. The van der Waals surface area contributed by atoms with Gasteiger partial charge in [-0.2, -0.15) is 0 Å². The van der Waals surface area contributed by atoms with E-state index in [1.165, 1.54) is 5.57 Å². The van der Waals surface area contributed by atoms with Crippen LogP contribution in [0.1, 0.15) is 20.8 Å². The van der Waals surface area contributed by atoms with Crippen LogP contribution in [0.5, 0.6) is 0 Å². The van der Waals surface area contributed by atoms with E-state index in [1.807, 2.05) is 25.2 Å². The smallest absolute Gasteiger partial charge is 0.118 e. The van der Waals surface area contributed by atoms with Gasteiger partial charge >= 0.3 is 0 Å². The molecule has 78 valence electrons.